The van der Waals surface area contributed by atoms with Crippen molar-refractivity contribution >= 4 is 28.5 Å². The molecular weight excluding hydrogens is 325 g/mol. The van der Waals surface area contributed by atoms with Gasteiger partial charge in [-0.1, -0.05) is 13.0 Å². The number of amides is 1. The first-order chi connectivity index (χ1) is 8.09. The topological polar surface area (TPSA) is 20.3 Å². The summed E-state index contributed by atoms with van der Waals surface area (Å²) in [5, 5.41) is 0. The molecule has 3 heteroatoms. The van der Waals surface area contributed by atoms with E-state index in [1.807, 2.05) is 29.2 Å². The molecule has 0 N–H and O–H groups in total. The summed E-state index contributed by atoms with van der Waals surface area (Å²) < 4.78 is 1.12. The fraction of sp³-hybridized carbons (Fsp3) is 0.500. The lowest BCUT2D eigenvalue weighted by molar-refractivity contribution is 0.0551. The molecule has 1 saturated heterocycles. The molecule has 0 radical (unpaired) electrons. The number of piperidine rings is 1. The van der Waals surface area contributed by atoms with Crippen molar-refractivity contribution in [3.63, 3.8) is 0 Å². The van der Waals surface area contributed by atoms with Crippen LogP contribution in [0.3, 0.4) is 0 Å². The molecule has 0 aliphatic carbocycles. The van der Waals surface area contributed by atoms with Crippen LogP contribution in [0.4, 0.5) is 0 Å². The number of nitrogens with zero attached hydrogens (tertiary/aromatic N) is 1. The first-order valence-corrected chi connectivity index (χ1v) is 7.24. The smallest absolute Gasteiger partial charge is 0.254 e. The molecule has 0 aromatic heterocycles. The quantitative estimate of drug-likeness (QED) is 0.714. The van der Waals surface area contributed by atoms with Crippen LogP contribution in [-0.4, -0.2) is 23.4 Å². The van der Waals surface area contributed by atoms with Crippen molar-refractivity contribution in [2.45, 2.75) is 32.7 Å². The lowest BCUT2D eigenvalue weighted by Gasteiger charge is -2.38. The third-order valence-electron chi connectivity index (χ3n) is 3.71. The first kappa shape index (κ1) is 12.9. The second kappa shape index (κ2) is 5.38. The van der Waals surface area contributed by atoms with Crippen LogP contribution >= 0.6 is 22.6 Å². The lowest BCUT2D eigenvalue weighted by Crippen LogP contribution is -2.46. The molecule has 2 rings (SSSR count). The normalized spacial score (nSPS) is 24.8. The van der Waals surface area contributed by atoms with E-state index in [0.717, 1.165) is 22.1 Å². The van der Waals surface area contributed by atoms with Crippen molar-refractivity contribution in [1.29, 1.82) is 0 Å². The number of likely N-dealkylation sites (tertiary alicyclic amines) is 1. The summed E-state index contributed by atoms with van der Waals surface area (Å²) in [4.78, 5) is 14.5. The predicted molar refractivity (Wildman–Crippen MR) is 78.1 cm³/mol. The fourth-order valence-corrected chi connectivity index (χ4v) is 2.95. The third-order valence-corrected chi connectivity index (χ3v) is 4.38. The molecule has 1 fully saturated rings. The average Bonchev–Trinajstić information content (AvgIpc) is 2.32. The van der Waals surface area contributed by atoms with Crippen LogP contribution in [0.5, 0.6) is 0 Å². The minimum absolute atomic E-state index is 0.183. The maximum atomic E-state index is 12.4. The Labute approximate surface area is 117 Å². The number of hydrogen-bond acceptors (Lipinski definition) is 1. The Balaban J connectivity index is 2.19. The molecule has 1 heterocycles. The molecule has 1 aromatic rings. The van der Waals surface area contributed by atoms with Crippen LogP contribution in [0.1, 0.15) is 37.0 Å². The molecule has 2 atom stereocenters. The summed E-state index contributed by atoms with van der Waals surface area (Å²) >= 11 is 2.25. The Morgan fingerprint density at radius 2 is 2.18 bits per heavy atom. The largest absolute Gasteiger partial charge is 0.336 e. The molecule has 0 spiro atoms. The number of carbonyl (C=O) groups is 1. The Morgan fingerprint density at radius 1 is 1.41 bits per heavy atom. The molecule has 2 unspecified atom stereocenters. The minimum Gasteiger partial charge on any atom is -0.336 e. The van der Waals surface area contributed by atoms with Crippen molar-refractivity contribution in [1.82, 2.24) is 4.90 Å². The zero-order chi connectivity index (χ0) is 12.4. The summed E-state index contributed by atoms with van der Waals surface area (Å²) in [6, 6.07) is 8.20. The Hall–Kier alpha value is -0.580. The van der Waals surface area contributed by atoms with Gasteiger partial charge in [0.15, 0.2) is 0 Å². The number of carbonyl (C=O) groups excluding carboxylic acids is 1. The summed E-state index contributed by atoms with van der Waals surface area (Å²) in [6.07, 6.45) is 2.36. The van der Waals surface area contributed by atoms with E-state index >= 15 is 0 Å². The van der Waals surface area contributed by atoms with Crippen LogP contribution in [0.25, 0.3) is 0 Å². The highest BCUT2D eigenvalue weighted by atomic mass is 127. The van der Waals surface area contributed by atoms with Crippen molar-refractivity contribution in [2.24, 2.45) is 5.92 Å². The van der Waals surface area contributed by atoms with Crippen LogP contribution in [0, 0.1) is 9.49 Å². The molecule has 1 amide bonds. The molecule has 0 saturated carbocycles. The van der Waals surface area contributed by atoms with Gasteiger partial charge < -0.3 is 4.90 Å². The number of benzene rings is 1. The van der Waals surface area contributed by atoms with Gasteiger partial charge in [0.05, 0.1) is 0 Å². The molecule has 2 nitrogen and oxygen atoms in total. The van der Waals surface area contributed by atoms with Crippen LogP contribution in [0.2, 0.25) is 0 Å². The van der Waals surface area contributed by atoms with E-state index in [-0.39, 0.29) is 5.91 Å². The lowest BCUT2D eigenvalue weighted by atomic mass is 9.91. The van der Waals surface area contributed by atoms with Gasteiger partial charge in [-0.15, -0.1) is 0 Å². The van der Waals surface area contributed by atoms with Gasteiger partial charge in [-0.25, -0.2) is 0 Å². The summed E-state index contributed by atoms with van der Waals surface area (Å²) in [6.45, 7) is 5.30. The van der Waals surface area contributed by atoms with Crippen LogP contribution in [0.15, 0.2) is 24.3 Å². The summed E-state index contributed by atoms with van der Waals surface area (Å²) in [5.74, 6) is 0.790. The monoisotopic (exact) mass is 343 g/mol. The third kappa shape index (κ3) is 2.81. The highest BCUT2D eigenvalue weighted by Gasteiger charge is 2.28. The van der Waals surface area contributed by atoms with Gasteiger partial charge in [-0.2, -0.15) is 0 Å². The summed E-state index contributed by atoms with van der Waals surface area (Å²) in [7, 11) is 0. The van der Waals surface area contributed by atoms with E-state index in [0.29, 0.717) is 12.0 Å². The molecule has 0 bridgehead atoms. The second-order valence-electron chi connectivity index (χ2n) is 4.87. The predicted octanol–water partition coefficient (Wildman–Crippen LogP) is 3.55. The van der Waals surface area contributed by atoms with Crippen LogP contribution < -0.4 is 0 Å². The minimum atomic E-state index is 0.183. The number of hydrogen-bond donors (Lipinski definition) is 0. The van der Waals surface area contributed by atoms with E-state index in [1.165, 1.54) is 6.42 Å². The van der Waals surface area contributed by atoms with E-state index in [1.54, 1.807) is 0 Å². The van der Waals surface area contributed by atoms with Gasteiger partial charge in [0, 0.05) is 21.7 Å². The van der Waals surface area contributed by atoms with E-state index in [2.05, 4.69) is 36.4 Å². The van der Waals surface area contributed by atoms with E-state index in [4.69, 9.17) is 0 Å². The Bertz CT molecular complexity index is 418. The maximum absolute atomic E-state index is 12.4. The van der Waals surface area contributed by atoms with Gasteiger partial charge in [0.2, 0.25) is 0 Å². The fourth-order valence-electron chi connectivity index (χ4n) is 2.41. The summed E-state index contributed by atoms with van der Waals surface area (Å²) in [5.41, 5.74) is 0.817. The van der Waals surface area contributed by atoms with Crippen molar-refractivity contribution in [3.8, 4) is 0 Å². The van der Waals surface area contributed by atoms with Gasteiger partial charge in [0.1, 0.15) is 0 Å². The SMILES string of the molecule is CC1CCCN(C(=O)c2cccc(I)c2)C1C. The molecule has 17 heavy (non-hydrogen) atoms. The van der Waals surface area contributed by atoms with Crippen molar-refractivity contribution in [3.05, 3.63) is 33.4 Å². The van der Waals surface area contributed by atoms with E-state index < -0.39 is 0 Å². The number of rotatable bonds is 1. The van der Waals surface area contributed by atoms with Gasteiger partial charge in [0.25, 0.3) is 5.91 Å². The highest BCUT2D eigenvalue weighted by molar-refractivity contribution is 14.1. The van der Waals surface area contributed by atoms with Gasteiger partial charge in [-0.05, 0) is 66.5 Å². The molecule has 1 aromatic carbocycles. The molecule has 92 valence electrons. The second-order valence-corrected chi connectivity index (χ2v) is 6.11. The average molecular weight is 343 g/mol. The number of halogens is 1. The van der Waals surface area contributed by atoms with Crippen molar-refractivity contribution in [2.75, 3.05) is 6.54 Å². The highest BCUT2D eigenvalue weighted by Crippen LogP contribution is 2.24. The zero-order valence-corrected chi connectivity index (χ0v) is 12.5. The Morgan fingerprint density at radius 3 is 2.88 bits per heavy atom. The van der Waals surface area contributed by atoms with Crippen molar-refractivity contribution < 1.29 is 4.79 Å². The van der Waals surface area contributed by atoms with E-state index in [9.17, 15) is 4.79 Å². The van der Waals surface area contributed by atoms with Crippen LogP contribution in [-0.2, 0) is 0 Å². The van der Waals surface area contributed by atoms with Gasteiger partial charge in [-0.3, -0.25) is 4.79 Å². The van der Waals surface area contributed by atoms with Gasteiger partial charge >= 0.3 is 0 Å². The maximum Gasteiger partial charge on any atom is 0.254 e. The molecule has 1 aliphatic heterocycles. The molecule has 1 aliphatic rings. The zero-order valence-electron chi connectivity index (χ0n) is 10.3. The Kier molecular flexibility index (Phi) is 4.07. The first-order valence-electron chi connectivity index (χ1n) is 6.16. The molecular formula is C14H18INO. The standard InChI is InChI=1S/C14H18INO/c1-10-5-4-8-16(11(10)2)14(17)12-6-3-7-13(15)9-12/h3,6-7,9-11H,4-5,8H2,1-2H3.